The lowest BCUT2D eigenvalue weighted by atomic mass is 10.0. The average Bonchev–Trinajstić information content (AvgIpc) is 2.87. The SMILES string of the molecule is COCCCN1C(=O)C(Nc2cccc(C)c2)=C(c2ccccc2)C1=O. The second-order valence-corrected chi connectivity index (χ2v) is 6.22. The fraction of sp³-hybridized carbons (Fsp3) is 0.238. The number of imide groups is 1. The maximum Gasteiger partial charge on any atom is 0.278 e. The van der Waals surface area contributed by atoms with Crippen LogP contribution in [0.3, 0.4) is 0 Å². The zero-order valence-electron chi connectivity index (χ0n) is 15.0. The summed E-state index contributed by atoms with van der Waals surface area (Å²) < 4.78 is 5.04. The van der Waals surface area contributed by atoms with Crippen molar-refractivity contribution >= 4 is 23.1 Å². The Hall–Kier alpha value is -2.92. The van der Waals surface area contributed by atoms with Gasteiger partial charge in [-0.25, -0.2) is 0 Å². The number of carbonyl (C=O) groups is 2. The highest BCUT2D eigenvalue weighted by molar-refractivity contribution is 6.36. The second kappa shape index (κ2) is 7.97. The number of aryl methyl sites for hydroxylation is 1. The Balaban J connectivity index is 1.97. The van der Waals surface area contributed by atoms with Crippen molar-refractivity contribution in [1.82, 2.24) is 4.90 Å². The van der Waals surface area contributed by atoms with E-state index in [1.807, 2.05) is 61.5 Å². The molecule has 2 aromatic carbocycles. The van der Waals surface area contributed by atoms with Gasteiger partial charge in [-0.3, -0.25) is 14.5 Å². The van der Waals surface area contributed by atoms with Crippen molar-refractivity contribution < 1.29 is 14.3 Å². The van der Waals surface area contributed by atoms with Crippen LogP contribution in [0.2, 0.25) is 0 Å². The Morgan fingerprint density at radius 2 is 1.77 bits per heavy atom. The van der Waals surface area contributed by atoms with Gasteiger partial charge < -0.3 is 10.1 Å². The van der Waals surface area contributed by atoms with E-state index in [1.165, 1.54) is 4.90 Å². The molecule has 0 aliphatic carbocycles. The van der Waals surface area contributed by atoms with Crippen molar-refractivity contribution in [2.75, 3.05) is 25.6 Å². The molecule has 2 aromatic rings. The first-order chi connectivity index (χ1) is 12.6. The summed E-state index contributed by atoms with van der Waals surface area (Å²) in [5.74, 6) is -0.570. The van der Waals surface area contributed by atoms with E-state index >= 15 is 0 Å². The average molecular weight is 350 g/mol. The molecule has 0 aromatic heterocycles. The van der Waals surface area contributed by atoms with Crippen molar-refractivity contribution in [3.8, 4) is 0 Å². The Labute approximate surface area is 153 Å². The molecular formula is C21H22N2O3. The molecule has 0 atom stereocenters. The molecule has 2 amide bonds. The topological polar surface area (TPSA) is 58.6 Å². The fourth-order valence-corrected chi connectivity index (χ4v) is 3.00. The molecule has 26 heavy (non-hydrogen) atoms. The van der Waals surface area contributed by atoms with Gasteiger partial charge in [0.25, 0.3) is 11.8 Å². The van der Waals surface area contributed by atoms with E-state index < -0.39 is 0 Å². The van der Waals surface area contributed by atoms with Crippen molar-refractivity contribution in [3.63, 3.8) is 0 Å². The van der Waals surface area contributed by atoms with Crippen LogP contribution in [0.25, 0.3) is 5.57 Å². The van der Waals surface area contributed by atoms with E-state index in [2.05, 4.69) is 5.32 Å². The summed E-state index contributed by atoms with van der Waals surface area (Å²) in [5.41, 5.74) is 3.33. The number of hydrogen-bond donors (Lipinski definition) is 1. The van der Waals surface area contributed by atoms with Crippen LogP contribution < -0.4 is 5.32 Å². The van der Waals surface area contributed by atoms with Crippen LogP contribution in [0, 0.1) is 6.92 Å². The van der Waals surface area contributed by atoms with Gasteiger partial charge in [0, 0.05) is 25.9 Å². The highest BCUT2D eigenvalue weighted by atomic mass is 16.5. The number of nitrogens with one attached hydrogen (secondary N) is 1. The Kier molecular flexibility index (Phi) is 5.49. The summed E-state index contributed by atoms with van der Waals surface area (Å²) in [6, 6.07) is 17.0. The van der Waals surface area contributed by atoms with Gasteiger partial charge in [0.2, 0.25) is 0 Å². The summed E-state index contributed by atoms with van der Waals surface area (Å²) in [5, 5.41) is 3.17. The minimum atomic E-state index is -0.300. The monoisotopic (exact) mass is 350 g/mol. The third-order valence-electron chi connectivity index (χ3n) is 4.25. The van der Waals surface area contributed by atoms with Gasteiger partial charge in [-0.2, -0.15) is 0 Å². The summed E-state index contributed by atoms with van der Waals surface area (Å²) in [6.07, 6.45) is 0.605. The molecule has 1 aliphatic heterocycles. The molecule has 0 saturated carbocycles. The van der Waals surface area contributed by atoms with E-state index in [4.69, 9.17) is 4.74 Å². The third-order valence-corrected chi connectivity index (χ3v) is 4.25. The van der Waals surface area contributed by atoms with Crippen LogP contribution in [-0.2, 0) is 14.3 Å². The van der Waals surface area contributed by atoms with Crippen LogP contribution in [0.15, 0.2) is 60.3 Å². The third kappa shape index (κ3) is 3.68. The lowest BCUT2D eigenvalue weighted by Gasteiger charge is -2.15. The summed E-state index contributed by atoms with van der Waals surface area (Å²) in [4.78, 5) is 27.2. The zero-order valence-corrected chi connectivity index (χ0v) is 15.0. The van der Waals surface area contributed by atoms with Crippen LogP contribution in [0.5, 0.6) is 0 Å². The molecule has 5 heteroatoms. The minimum absolute atomic E-state index is 0.271. The molecule has 134 valence electrons. The molecule has 5 nitrogen and oxygen atoms in total. The number of rotatable bonds is 7. The van der Waals surface area contributed by atoms with E-state index in [0.717, 1.165) is 16.8 Å². The number of methoxy groups -OCH3 is 1. The minimum Gasteiger partial charge on any atom is -0.385 e. The largest absolute Gasteiger partial charge is 0.385 e. The lowest BCUT2D eigenvalue weighted by molar-refractivity contribution is -0.136. The fourth-order valence-electron chi connectivity index (χ4n) is 3.00. The first kappa shape index (κ1) is 17.9. The number of ether oxygens (including phenoxy) is 1. The van der Waals surface area contributed by atoms with Gasteiger partial charge in [-0.1, -0.05) is 42.5 Å². The van der Waals surface area contributed by atoms with Crippen LogP contribution in [-0.4, -0.2) is 37.0 Å². The smallest absolute Gasteiger partial charge is 0.278 e. The van der Waals surface area contributed by atoms with Crippen LogP contribution in [0.1, 0.15) is 17.5 Å². The molecule has 0 radical (unpaired) electrons. The number of amides is 2. The number of nitrogens with zero attached hydrogens (tertiary/aromatic N) is 1. The van der Waals surface area contributed by atoms with E-state index in [9.17, 15) is 9.59 Å². The van der Waals surface area contributed by atoms with Gasteiger partial charge in [0.1, 0.15) is 5.70 Å². The van der Waals surface area contributed by atoms with E-state index in [-0.39, 0.29) is 11.8 Å². The van der Waals surface area contributed by atoms with Gasteiger partial charge in [0.15, 0.2) is 0 Å². The zero-order chi connectivity index (χ0) is 18.5. The second-order valence-electron chi connectivity index (χ2n) is 6.22. The van der Waals surface area contributed by atoms with Crippen LogP contribution >= 0.6 is 0 Å². The molecule has 3 rings (SSSR count). The molecule has 1 N–H and O–H groups in total. The molecule has 0 fully saturated rings. The summed E-state index contributed by atoms with van der Waals surface area (Å²) in [7, 11) is 1.60. The highest BCUT2D eigenvalue weighted by Crippen LogP contribution is 2.30. The van der Waals surface area contributed by atoms with E-state index in [0.29, 0.717) is 30.8 Å². The quantitative estimate of drug-likeness (QED) is 0.615. The normalized spacial score (nSPS) is 14.3. The predicted octanol–water partition coefficient (Wildman–Crippen LogP) is 3.22. The lowest BCUT2D eigenvalue weighted by Crippen LogP contribution is -2.33. The summed E-state index contributed by atoms with van der Waals surface area (Å²) >= 11 is 0. The number of benzene rings is 2. The molecule has 1 aliphatic rings. The molecule has 1 heterocycles. The van der Waals surface area contributed by atoms with Crippen molar-refractivity contribution in [1.29, 1.82) is 0 Å². The summed E-state index contributed by atoms with van der Waals surface area (Å²) in [6.45, 7) is 2.82. The van der Waals surface area contributed by atoms with Crippen molar-refractivity contribution in [2.24, 2.45) is 0 Å². The van der Waals surface area contributed by atoms with Gasteiger partial charge in [0.05, 0.1) is 5.57 Å². The van der Waals surface area contributed by atoms with Gasteiger partial charge in [-0.05, 0) is 36.6 Å². The van der Waals surface area contributed by atoms with Crippen LogP contribution in [0.4, 0.5) is 5.69 Å². The number of anilines is 1. The van der Waals surface area contributed by atoms with Crippen molar-refractivity contribution in [3.05, 3.63) is 71.4 Å². The molecule has 0 bridgehead atoms. The standard InChI is InChI=1S/C21H22N2O3/c1-15-8-6-11-17(14-15)22-19-18(16-9-4-3-5-10-16)20(24)23(21(19)25)12-7-13-26-2/h3-6,8-11,14,22H,7,12-13H2,1-2H3. The maximum atomic E-state index is 12.9. The Morgan fingerprint density at radius 3 is 2.46 bits per heavy atom. The first-order valence-corrected chi connectivity index (χ1v) is 8.60. The maximum absolute atomic E-state index is 12.9. The molecule has 0 unspecified atom stereocenters. The highest BCUT2D eigenvalue weighted by Gasteiger charge is 2.38. The van der Waals surface area contributed by atoms with Gasteiger partial charge in [-0.15, -0.1) is 0 Å². The molecule has 0 saturated heterocycles. The van der Waals surface area contributed by atoms with Crippen molar-refractivity contribution in [2.45, 2.75) is 13.3 Å². The first-order valence-electron chi connectivity index (χ1n) is 8.60. The Morgan fingerprint density at radius 1 is 1.00 bits per heavy atom. The molecule has 0 spiro atoms. The molecular weight excluding hydrogens is 328 g/mol. The van der Waals surface area contributed by atoms with E-state index in [1.54, 1.807) is 7.11 Å². The number of carbonyl (C=O) groups excluding carboxylic acids is 2. The number of hydrogen-bond acceptors (Lipinski definition) is 4. The van der Waals surface area contributed by atoms with Gasteiger partial charge >= 0.3 is 0 Å². The Bertz CT molecular complexity index is 843. The predicted molar refractivity (Wildman–Crippen MR) is 101 cm³/mol.